The van der Waals surface area contributed by atoms with Crippen LogP contribution in [0.4, 0.5) is 11.4 Å². The van der Waals surface area contributed by atoms with Crippen LogP contribution in [-0.2, 0) is 23.7 Å². The first-order valence-electron chi connectivity index (χ1n) is 7.83. The molecule has 2 aromatic carbocycles. The minimum atomic E-state index is 0.886. The van der Waals surface area contributed by atoms with Crippen molar-refractivity contribution in [1.82, 2.24) is 0 Å². The fourth-order valence-electron chi connectivity index (χ4n) is 2.79. The molecule has 0 aliphatic rings. The first kappa shape index (κ1) is 19.4. The lowest BCUT2D eigenvalue weighted by molar-refractivity contribution is 1.15. The molecular formula is C19H26N2S3. The molecule has 130 valence electrons. The Balaban J connectivity index is 2.33. The van der Waals surface area contributed by atoms with E-state index in [4.69, 9.17) is 11.5 Å². The van der Waals surface area contributed by atoms with Crippen LogP contribution in [0.1, 0.15) is 27.8 Å². The Kier molecular flexibility index (Phi) is 7.72. The van der Waals surface area contributed by atoms with Gasteiger partial charge in [0.1, 0.15) is 0 Å². The lowest BCUT2D eigenvalue weighted by atomic mass is 9.98. The van der Waals surface area contributed by atoms with E-state index in [1.54, 1.807) is 11.8 Å². The summed E-state index contributed by atoms with van der Waals surface area (Å²) in [5.41, 5.74) is 20.7. The second-order valence-electron chi connectivity index (χ2n) is 5.84. The SMILES string of the molecule is CSCc1cc(Cc2cc(CSC)c(N)c(CSC)c2)ccc1N. The van der Waals surface area contributed by atoms with Gasteiger partial charge in [-0.2, -0.15) is 35.3 Å². The molecule has 2 aromatic rings. The highest BCUT2D eigenvalue weighted by Gasteiger charge is 2.09. The van der Waals surface area contributed by atoms with E-state index >= 15 is 0 Å². The van der Waals surface area contributed by atoms with Gasteiger partial charge in [-0.1, -0.05) is 24.3 Å². The van der Waals surface area contributed by atoms with E-state index in [1.165, 1.54) is 27.8 Å². The first-order valence-corrected chi connectivity index (χ1v) is 12.0. The summed E-state index contributed by atoms with van der Waals surface area (Å²) >= 11 is 5.43. The lowest BCUT2D eigenvalue weighted by Gasteiger charge is -2.14. The van der Waals surface area contributed by atoms with Gasteiger partial charge in [-0.05, 0) is 59.1 Å². The molecule has 0 radical (unpaired) electrons. The summed E-state index contributed by atoms with van der Waals surface area (Å²) in [6.45, 7) is 0. The molecule has 0 spiro atoms. The molecular weight excluding hydrogens is 352 g/mol. The molecule has 0 unspecified atom stereocenters. The third-order valence-corrected chi connectivity index (χ3v) is 5.73. The molecule has 2 rings (SSSR count). The van der Waals surface area contributed by atoms with E-state index in [2.05, 4.69) is 43.0 Å². The maximum absolute atomic E-state index is 6.36. The van der Waals surface area contributed by atoms with E-state index in [9.17, 15) is 0 Å². The molecule has 0 amide bonds. The van der Waals surface area contributed by atoms with E-state index in [0.717, 1.165) is 35.1 Å². The van der Waals surface area contributed by atoms with Gasteiger partial charge in [0.05, 0.1) is 0 Å². The number of anilines is 2. The summed E-state index contributed by atoms with van der Waals surface area (Å²) < 4.78 is 0. The van der Waals surface area contributed by atoms with Crippen LogP contribution in [0.5, 0.6) is 0 Å². The van der Waals surface area contributed by atoms with Crippen LogP contribution in [0.15, 0.2) is 30.3 Å². The van der Waals surface area contributed by atoms with Crippen molar-refractivity contribution in [2.24, 2.45) is 0 Å². The molecule has 0 aliphatic heterocycles. The average Bonchev–Trinajstić information content (AvgIpc) is 2.55. The maximum atomic E-state index is 6.36. The molecule has 0 bridgehead atoms. The lowest BCUT2D eigenvalue weighted by Crippen LogP contribution is -2.02. The van der Waals surface area contributed by atoms with Crippen molar-refractivity contribution in [3.8, 4) is 0 Å². The van der Waals surface area contributed by atoms with Crippen molar-refractivity contribution >= 4 is 46.7 Å². The minimum absolute atomic E-state index is 0.886. The summed E-state index contributed by atoms with van der Waals surface area (Å²) in [5.74, 6) is 2.87. The largest absolute Gasteiger partial charge is 0.398 e. The van der Waals surface area contributed by atoms with Crippen molar-refractivity contribution in [2.75, 3.05) is 30.2 Å². The van der Waals surface area contributed by atoms with Crippen LogP contribution < -0.4 is 11.5 Å². The molecule has 0 saturated heterocycles. The molecule has 0 heterocycles. The van der Waals surface area contributed by atoms with Gasteiger partial charge in [-0.25, -0.2) is 0 Å². The summed E-state index contributed by atoms with van der Waals surface area (Å²) in [5, 5.41) is 0. The van der Waals surface area contributed by atoms with Crippen molar-refractivity contribution in [3.63, 3.8) is 0 Å². The van der Waals surface area contributed by atoms with E-state index in [-0.39, 0.29) is 0 Å². The Morgan fingerprint density at radius 1 is 0.708 bits per heavy atom. The van der Waals surface area contributed by atoms with Crippen molar-refractivity contribution in [1.29, 1.82) is 0 Å². The predicted octanol–water partition coefficient (Wildman–Crippen LogP) is 5.03. The molecule has 4 N–H and O–H groups in total. The first-order chi connectivity index (χ1) is 11.6. The Bertz CT molecular complexity index is 659. The number of nitrogen functional groups attached to an aromatic ring is 2. The molecule has 0 atom stereocenters. The zero-order valence-corrected chi connectivity index (χ0v) is 17.0. The Morgan fingerprint density at radius 2 is 1.21 bits per heavy atom. The van der Waals surface area contributed by atoms with Crippen LogP contribution in [0.25, 0.3) is 0 Å². The number of hydrogen-bond acceptors (Lipinski definition) is 5. The number of nitrogens with two attached hydrogens (primary N) is 2. The predicted molar refractivity (Wildman–Crippen MR) is 116 cm³/mol. The van der Waals surface area contributed by atoms with Crippen LogP contribution in [0, 0.1) is 0 Å². The minimum Gasteiger partial charge on any atom is -0.398 e. The van der Waals surface area contributed by atoms with Crippen LogP contribution >= 0.6 is 35.3 Å². The monoisotopic (exact) mass is 378 g/mol. The second kappa shape index (κ2) is 9.54. The number of benzene rings is 2. The number of hydrogen-bond donors (Lipinski definition) is 2. The van der Waals surface area contributed by atoms with Crippen LogP contribution in [0.2, 0.25) is 0 Å². The van der Waals surface area contributed by atoms with Gasteiger partial charge in [0.15, 0.2) is 0 Å². The third-order valence-electron chi connectivity index (χ3n) is 3.93. The normalized spacial score (nSPS) is 11.0. The van der Waals surface area contributed by atoms with E-state index < -0.39 is 0 Å². The van der Waals surface area contributed by atoms with Crippen molar-refractivity contribution in [2.45, 2.75) is 23.7 Å². The van der Waals surface area contributed by atoms with E-state index in [0.29, 0.717) is 0 Å². The molecule has 0 saturated carbocycles. The van der Waals surface area contributed by atoms with Crippen LogP contribution in [0.3, 0.4) is 0 Å². The van der Waals surface area contributed by atoms with Crippen molar-refractivity contribution in [3.05, 3.63) is 58.1 Å². The highest BCUT2D eigenvalue weighted by atomic mass is 32.2. The number of thioether (sulfide) groups is 3. The maximum Gasteiger partial charge on any atom is 0.0396 e. The average molecular weight is 379 g/mol. The second-order valence-corrected chi connectivity index (χ2v) is 8.43. The van der Waals surface area contributed by atoms with Crippen LogP contribution in [-0.4, -0.2) is 18.8 Å². The molecule has 0 aliphatic carbocycles. The van der Waals surface area contributed by atoms with Gasteiger partial charge >= 0.3 is 0 Å². The quantitative estimate of drug-likeness (QED) is 0.631. The van der Waals surface area contributed by atoms with Gasteiger partial charge in [-0.3, -0.25) is 0 Å². The highest BCUT2D eigenvalue weighted by Crippen LogP contribution is 2.28. The molecule has 5 heteroatoms. The molecule has 2 nitrogen and oxygen atoms in total. The van der Waals surface area contributed by atoms with Gasteiger partial charge < -0.3 is 11.5 Å². The van der Waals surface area contributed by atoms with Gasteiger partial charge in [0.2, 0.25) is 0 Å². The van der Waals surface area contributed by atoms with Gasteiger partial charge in [0.25, 0.3) is 0 Å². The Labute approximate surface area is 158 Å². The molecule has 24 heavy (non-hydrogen) atoms. The topological polar surface area (TPSA) is 52.0 Å². The smallest absolute Gasteiger partial charge is 0.0396 e. The Hall–Kier alpha value is -0.910. The summed E-state index contributed by atoms with van der Waals surface area (Å²) in [6.07, 6.45) is 7.27. The molecule has 0 aromatic heterocycles. The van der Waals surface area contributed by atoms with Gasteiger partial charge in [0, 0.05) is 28.6 Å². The summed E-state index contributed by atoms with van der Waals surface area (Å²) in [6, 6.07) is 10.9. The summed E-state index contributed by atoms with van der Waals surface area (Å²) in [7, 11) is 0. The zero-order valence-electron chi connectivity index (χ0n) is 14.6. The standard InChI is InChI=1S/C19H26N2S3/c1-22-10-15-7-13(4-5-18(15)20)6-14-8-16(11-23-2)19(21)17(9-14)12-24-3/h4-5,7-9H,6,10-12,20-21H2,1-3H3. The zero-order chi connectivity index (χ0) is 17.5. The van der Waals surface area contributed by atoms with Crippen molar-refractivity contribution < 1.29 is 0 Å². The number of rotatable bonds is 8. The fourth-order valence-corrected chi connectivity index (χ4v) is 4.45. The summed E-state index contributed by atoms with van der Waals surface area (Å²) in [4.78, 5) is 0. The molecule has 0 fully saturated rings. The van der Waals surface area contributed by atoms with Gasteiger partial charge in [-0.15, -0.1) is 0 Å². The Morgan fingerprint density at radius 3 is 1.75 bits per heavy atom. The van der Waals surface area contributed by atoms with E-state index in [1.807, 2.05) is 29.6 Å². The fraction of sp³-hybridized carbons (Fsp3) is 0.368. The highest BCUT2D eigenvalue weighted by molar-refractivity contribution is 7.98. The third kappa shape index (κ3) is 5.04.